The molecule has 0 aliphatic heterocycles. The summed E-state index contributed by atoms with van der Waals surface area (Å²) in [5, 5.41) is 0. The van der Waals surface area contributed by atoms with Gasteiger partial charge in [-0.2, -0.15) is 0 Å². The lowest BCUT2D eigenvalue weighted by Crippen LogP contribution is -2.31. The third-order valence-electron chi connectivity index (χ3n) is 2.26. The van der Waals surface area contributed by atoms with Crippen LogP contribution in [-0.2, 0) is 4.74 Å². The van der Waals surface area contributed by atoms with Gasteiger partial charge in [-0.15, -0.1) is 0 Å². The third-order valence-corrected chi connectivity index (χ3v) is 2.70. The number of anilines is 1. The molecule has 17 heavy (non-hydrogen) atoms. The van der Waals surface area contributed by atoms with Crippen molar-refractivity contribution in [3.63, 3.8) is 0 Å². The first-order valence-electron chi connectivity index (χ1n) is 5.73. The number of halogens is 1. The summed E-state index contributed by atoms with van der Waals surface area (Å²) in [7, 11) is 0. The molecule has 4 nitrogen and oxygen atoms in total. The van der Waals surface area contributed by atoms with Gasteiger partial charge in [0.05, 0.1) is 18.5 Å². The third kappa shape index (κ3) is 4.34. The van der Waals surface area contributed by atoms with Crippen molar-refractivity contribution in [3.05, 3.63) is 22.9 Å². The Balaban J connectivity index is 2.67. The predicted molar refractivity (Wildman–Crippen MR) is 71.2 cm³/mol. The minimum Gasteiger partial charge on any atom is -0.449 e. The number of rotatable bonds is 5. The van der Waals surface area contributed by atoms with Crippen LogP contribution in [0.4, 0.5) is 10.5 Å². The molecule has 0 aromatic carbocycles. The molecule has 0 saturated heterocycles. The highest BCUT2D eigenvalue weighted by atomic mass is 79.9. The van der Waals surface area contributed by atoms with Crippen molar-refractivity contribution in [2.24, 2.45) is 0 Å². The van der Waals surface area contributed by atoms with E-state index in [1.165, 1.54) is 0 Å². The lowest BCUT2D eigenvalue weighted by atomic mass is 10.3. The lowest BCUT2D eigenvalue weighted by Gasteiger charge is -2.20. The van der Waals surface area contributed by atoms with Gasteiger partial charge in [0.1, 0.15) is 0 Å². The molecule has 1 heterocycles. The van der Waals surface area contributed by atoms with Gasteiger partial charge in [-0.1, -0.05) is 13.3 Å². The molecule has 0 unspecified atom stereocenters. The van der Waals surface area contributed by atoms with Crippen molar-refractivity contribution in [2.45, 2.75) is 26.7 Å². The second-order valence-corrected chi connectivity index (χ2v) is 4.49. The molecule has 0 bridgehead atoms. The highest BCUT2D eigenvalue weighted by Gasteiger charge is 2.15. The smallest absolute Gasteiger partial charge is 0.414 e. The number of hydrogen-bond donors (Lipinski definition) is 0. The van der Waals surface area contributed by atoms with Crippen molar-refractivity contribution in [3.8, 4) is 0 Å². The fraction of sp³-hybridized carbons (Fsp3) is 0.500. The summed E-state index contributed by atoms with van der Waals surface area (Å²) < 4.78 is 6.02. The summed E-state index contributed by atoms with van der Waals surface area (Å²) in [6.45, 7) is 4.99. The maximum absolute atomic E-state index is 11.8. The van der Waals surface area contributed by atoms with Crippen molar-refractivity contribution in [1.82, 2.24) is 4.98 Å². The van der Waals surface area contributed by atoms with Crippen LogP contribution in [0.2, 0.25) is 0 Å². The topological polar surface area (TPSA) is 42.4 Å². The summed E-state index contributed by atoms with van der Waals surface area (Å²) in [6.07, 6.45) is 4.91. The minimum atomic E-state index is -0.319. The second kappa shape index (κ2) is 7.27. The monoisotopic (exact) mass is 300 g/mol. The summed E-state index contributed by atoms with van der Waals surface area (Å²) in [5.41, 5.74) is 0.739. The molecule has 1 aromatic rings. The van der Waals surface area contributed by atoms with E-state index >= 15 is 0 Å². The number of aromatic nitrogens is 1. The average molecular weight is 301 g/mol. The van der Waals surface area contributed by atoms with E-state index in [1.807, 2.05) is 13.0 Å². The van der Waals surface area contributed by atoms with Crippen LogP contribution in [0.1, 0.15) is 26.7 Å². The lowest BCUT2D eigenvalue weighted by molar-refractivity contribution is 0.152. The number of hydrogen-bond acceptors (Lipinski definition) is 3. The Bertz CT molecular complexity index is 371. The zero-order valence-corrected chi connectivity index (χ0v) is 11.7. The van der Waals surface area contributed by atoms with E-state index in [0.29, 0.717) is 13.2 Å². The first-order chi connectivity index (χ1) is 8.19. The Morgan fingerprint density at radius 1 is 1.47 bits per heavy atom. The zero-order chi connectivity index (χ0) is 12.7. The van der Waals surface area contributed by atoms with E-state index < -0.39 is 0 Å². The molecule has 0 aliphatic carbocycles. The van der Waals surface area contributed by atoms with Crippen LogP contribution in [0.3, 0.4) is 0 Å². The number of ether oxygens (including phenoxy) is 1. The van der Waals surface area contributed by atoms with Crippen molar-refractivity contribution in [1.29, 1.82) is 0 Å². The fourth-order valence-electron chi connectivity index (χ4n) is 1.35. The first-order valence-corrected chi connectivity index (χ1v) is 6.53. The molecule has 0 fully saturated rings. The van der Waals surface area contributed by atoms with Crippen molar-refractivity contribution < 1.29 is 9.53 Å². The highest BCUT2D eigenvalue weighted by molar-refractivity contribution is 9.10. The normalized spacial score (nSPS) is 10.1. The summed E-state index contributed by atoms with van der Waals surface area (Å²) in [4.78, 5) is 17.4. The molecule has 0 spiro atoms. The molecule has 1 aromatic heterocycles. The van der Waals surface area contributed by atoms with E-state index in [9.17, 15) is 4.79 Å². The van der Waals surface area contributed by atoms with Gasteiger partial charge in [0, 0.05) is 17.2 Å². The minimum absolute atomic E-state index is 0.319. The van der Waals surface area contributed by atoms with Crippen LogP contribution in [0.15, 0.2) is 22.9 Å². The van der Waals surface area contributed by atoms with Gasteiger partial charge in [0.25, 0.3) is 0 Å². The fourth-order valence-corrected chi connectivity index (χ4v) is 1.70. The van der Waals surface area contributed by atoms with Crippen LogP contribution in [0.25, 0.3) is 0 Å². The number of unbranched alkanes of at least 4 members (excludes halogenated alkanes) is 1. The molecule has 0 aliphatic rings. The molecule has 1 rings (SSSR count). The number of carbonyl (C=O) groups excluding carboxylic acids is 1. The van der Waals surface area contributed by atoms with Crippen molar-refractivity contribution in [2.75, 3.05) is 18.1 Å². The number of amides is 1. The Hall–Kier alpha value is -1.10. The first kappa shape index (κ1) is 14.0. The van der Waals surface area contributed by atoms with E-state index in [0.717, 1.165) is 23.0 Å². The Morgan fingerprint density at radius 2 is 2.24 bits per heavy atom. The number of pyridine rings is 1. The van der Waals surface area contributed by atoms with Gasteiger partial charge in [0.15, 0.2) is 0 Å². The second-order valence-electron chi connectivity index (χ2n) is 3.57. The van der Waals surface area contributed by atoms with Crippen LogP contribution in [0.5, 0.6) is 0 Å². The molecule has 0 radical (unpaired) electrons. The molecular weight excluding hydrogens is 284 g/mol. The Morgan fingerprint density at radius 3 is 2.82 bits per heavy atom. The van der Waals surface area contributed by atoms with Crippen LogP contribution >= 0.6 is 15.9 Å². The van der Waals surface area contributed by atoms with Gasteiger partial charge in [-0.05, 0) is 35.3 Å². The van der Waals surface area contributed by atoms with Gasteiger partial charge in [-0.25, -0.2) is 4.79 Å². The Labute approximate surface area is 110 Å². The maximum Gasteiger partial charge on any atom is 0.414 e. The maximum atomic E-state index is 11.8. The molecule has 0 atom stereocenters. The molecule has 5 heteroatoms. The largest absolute Gasteiger partial charge is 0.449 e. The van der Waals surface area contributed by atoms with Gasteiger partial charge < -0.3 is 4.74 Å². The molecule has 1 amide bonds. The van der Waals surface area contributed by atoms with E-state index in [2.05, 4.69) is 27.8 Å². The van der Waals surface area contributed by atoms with Crippen LogP contribution < -0.4 is 4.90 Å². The summed E-state index contributed by atoms with van der Waals surface area (Å²) in [5.74, 6) is 0. The number of nitrogens with zero attached hydrogens (tertiary/aromatic N) is 2. The molecule has 0 saturated carbocycles. The van der Waals surface area contributed by atoms with E-state index in [-0.39, 0.29) is 6.09 Å². The predicted octanol–water partition coefficient (Wildman–Crippen LogP) is 3.61. The van der Waals surface area contributed by atoms with Gasteiger partial charge >= 0.3 is 6.09 Å². The Kier molecular flexibility index (Phi) is 5.97. The quantitative estimate of drug-likeness (QED) is 0.780. The zero-order valence-electron chi connectivity index (χ0n) is 10.1. The highest BCUT2D eigenvalue weighted by Crippen LogP contribution is 2.18. The van der Waals surface area contributed by atoms with Crippen LogP contribution in [-0.4, -0.2) is 24.2 Å². The average Bonchev–Trinajstić information content (AvgIpc) is 2.30. The molecular formula is C12H17BrN2O2. The summed E-state index contributed by atoms with van der Waals surface area (Å²) in [6, 6.07) is 1.84. The SMILES string of the molecule is CCCCOC(=O)N(CC)c1cncc(Br)c1. The van der Waals surface area contributed by atoms with Crippen molar-refractivity contribution >= 4 is 27.7 Å². The molecule has 94 valence electrons. The standard InChI is InChI=1S/C12H17BrN2O2/c1-3-5-6-17-12(16)15(4-2)11-7-10(13)8-14-9-11/h7-9H,3-6H2,1-2H3. The van der Waals surface area contributed by atoms with E-state index in [1.54, 1.807) is 17.3 Å². The summed E-state index contributed by atoms with van der Waals surface area (Å²) >= 11 is 3.33. The van der Waals surface area contributed by atoms with Gasteiger partial charge in [-0.3, -0.25) is 9.88 Å². The molecule has 0 N–H and O–H groups in total. The number of carbonyl (C=O) groups is 1. The van der Waals surface area contributed by atoms with Gasteiger partial charge in [0.2, 0.25) is 0 Å². The van der Waals surface area contributed by atoms with E-state index in [4.69, 9.17) is 4.74 Å². The van der Waals surface area contributed by atoms with Crippen LogP contribution in [0, 0.1) is 0 Å².